The van der Waals surface area contributed by atoms with Crippen LogP contribution in [0.15, 0.2) is 67.1 Å². The Kier molecular flexibility index (Phi) is 4.69. The summed E-state index contributed by atoms with van der Waals surface area (Å²) in [6.45, 7) is 1.25. The van der Waals surface area contributed by atoms with Crippen LogP contribution < -0.4 is 5.32 Å². The molecule has 2 amide bonds. The molecule has 1 aromatic carbocycles. The maximum absolute atomic E-state index is 13.0. The van der Waals surface area contributed by atoms with Gasteiger partial charge in [0.2, 0.25) is 0 Å². The summed E-state index contributed by atoms with van der Waals surface area (Å²) < 4.78 is 1.86. The van der Waals surface area contributed by atoms with Crippen molar-refractivity contribution in [2.45, 2.75) is 13.1 Å². The van der Waals surface area contributed by atoms with Gasteiger partial charge in [-0.3, -0.25) is 14.7 Å². The molecule has 3 N–H and O–H groups in total. The molecule has 0 atom stereocenters. The third kappa shape index (κ3) is 3.51. The molecule has 168 valence electrons. The van der Waals surface area contributed by atoms with Crippen LogP contribution in [0.2, 0.25) is 0 Å². The molecule has 4 aromatic heterocycles. The Bertz CT molecular complexity index is 1520. The van der Waals surface area contributed by atoms with Crippen molar-refractivity contribution >= 4 is 28.5 Å². The fraction of sp³-hybridized carbons (Fsp3) is 0.125. The van der Waals surface area contributed by atoms with Crippen LogP contribution in [0, 0.1) is 0 Å². The second-order valence-corrected chi connectivity index (χ2v) is 8.05. The third-order valence-electron chi connectivity index (χ3n) is 5.94. The van der Waals surface area contributed by atoms with Crippen LogP contribution in [0.3, 0.4) is 0 Å². The van der Waals surface area contributed by atoms with Gasteiger partial charge < -0.3 is 19.8 Å². The minimum Gasteiger partial charge on any atom is -0.360 e. The molecule has 0 fully saturated rings. The smallest absolute Gasteiger partial charge is 0.273 e. The highest BCUT2D eigenvalue weighted by Crippen LogP contribution is 2.22. The molecule has 5 aromatic rings. The number of fused-ring (bicyclic) bond motifs is 2. The first-order chi connectivity index (χ1) is 16.7. The van der Waals surface area contributed by atoms with Gasteiger partial charge in [-0.25, -0.2) is 9.97 Å². The van der Waals surface area contributed by atoms with Crippen LogP contribution in [-0.4, -0.2) is 53.0 Å². The molecule has 0 unspecified atom stereocenters. The number of pyridine rings is 1. The van der Waals surface area contributed by atoms with Crippen molar-refractivity contribution in [3.8, 4) is 11.3 Å². The van der Waals surface area contributed by atoms with Gasteiger partial charge in [0.1, 0.15) is 17.2 Å². The Morgan fingerprint density at radius 1 is 1.06 bits per heavy atom. The van der Waals surface area contributed by atoms with Crippen molar-refractivity contribution in [1.82, 2.24) is 34.6 Å². The lowest BCUT2D eigenvalue weighted by molar-refractivity contribution is 0.0701. The molecular weight excluding hydrogens is 432 g/mol. The molecule has 0 bridgehead atoms. The highest BCUT2D eigenvalue weighted by Gasteiger charge is 2.27. The van der Waals surface area contributed by atoms with E-state index in [4.69, 9.17) is 0 Å². The Morgan fingerprint density at radius 3 is 2.88 bits per heavy atom. The van der Waals surface area contributed by atoms with Gasteiger partial charge in [-0.1, -0.05) is 12.1 Å². The van der Waals surface area contributed by atoms with E-state index in [1.807, 2.05) is 47.0 Å². The van der Waals surface area contributed by atoms with Gasteiger partial charge in [0, 0.05) is 36.7 Å². The fourth-order valence-electron chi connectivity index (χ4n) is 4.21. The molecule has 10 nitrogen and oxygen atoms in total. The average Bonchev–Trinajstić information content (AvgIpc) is 3.63. The molecular formula is C24H20N8O2. The van der Waals surface area contributed by atoms with Crippen LogP contribution in [0.4, 0.5) is 5.69 Å². The van der Waals surface area contributed by atoms with Crippen LogP contribution in [0.25, 0.3) is 22.3 Å². The first kappa shape index (κ1) is 19.9. The molecule has 0 saturated carbocycles. The maximum Gasteiger partial charge on any atom is 0.273 e. The SMILES string of the molecule is O=C(Nc1cccc(-c2ccn[nH]2)c1)c1cnc2n1CCN(C(=O)c1ccc3[nH]ccc3n1)C2. The molecule has 0 radical (unpaired) electrons. The summed E-state index contributed by atoms with van der Waals surface area (Å²) in [6, 6.07) is 14.8. The predicted molar refractivity (Wildman–Crippen MR) is 125 cm³/mol. The number of nitrogens with one attached hydrogen (secondary N) is 3. The zero-order valence-electron chi connectivity index (χ0n) is 18.0. The number of H-pyrrole nitrogens is 2. The fourth-order valence-corrected chi connectivity index (χ4v) is 4.21. The highest BCUT2D eigenvalue weighted by molar-refractivity contribution is 6.03. The number of carbonyl (C=O) groups is 2. The number of amides is 2. The number of benzene rings is 1. The zero-order valence-corrected chi connectivity index (χ0v) is 18.0. The van der Waals surface area contributed by atoms with E-state index in [0.717, 1.165) is 22.3 Å². The van der Waals surface area contributed by atoms with Gasteiger partial charge >= 0.3 is 0 Å². The number of hydrogen-bond acceptors (Lipinski definition) is 5. The highest BCUT2D eigenvalue weighted by atomic mass is 16.2. The van der Waals surface area contributed by atoms with Gasteiger partial charge in [0.25, 0.3) is 11.8 Å². The number of anilines is 1. The van der Waals surface area contributed by atoms with E-state index in [1.165, 1.54) is 0 Å². The van der Waals surface area contributed by atoms with Crippen LogP contribution in [0.5, 0.6) is 0 Å². The Balaban J connectivity index is 1.18. The van der Waals surface area contributed by atoms with Crippen molar-refractivity contribution in [3.63, 3.8) is 0 Å². The van der Waals surface area contributed by atoms with Crippen molar-refractivity contribution < 1.29 is 9.59 Å². The minimum atomic E-state index is -0.250. The summed E-state index contributed by atoms with van der Waals surface area (Å²) in [5.74, 6) is 0.262. The summed E-state index contributed by atoms with van der Waals surface area (Å²) in [5, 5.41) is 9.83. The van der Waals surface area contributed by atoms with Crippen molar-refractivity contribution in [2.24, 2.45) is 0 Å². The predicted octanol–water partition coefficient (Wildman–Crippen LogP) is 3.06. The molecule has 0 saturated heterocycles. The summed E-state index contributed by atoms with van der Waals surface area (Å²) in [6.07, 6.45) is 5.03. The van der Waals surface area contributed by atoms with Crippen LogP contribution in [-0.2, 0) is 13.1 Å². The van der Waals surface area contributed by atoms with Crippen molar-refractivity contribution in [1.29, 1.82) is 0 Å². The summed E-state index contributed by atoms with van der Waals surface area (Å²) in [4.78, 5) is 39.7. The van der Waals surface area contributed by atoms with E-state index >= 15 is 0 Å². The lowest BCUT2D eigenvalue weighted by Gasteiger charge is -2.28. The minimum absolute atomic E-state index is 0.154. The van der Waals surface area contributed by atoms with Gasteiger partial charge in [0.05, 0.1) is 29.5 Å². The first-order valence-corrected chi connectivity index (χ1v) is 10.8. The average molecular weight is 452 g/mol. The standard InChI is InChI=1S/C24H20N8O2/c33-23(28-16-3-1-2-15(12-16)17-7-9-27-30-17)21-13-26-22-14-31(10-11-32(21)22)24(34)20-5-4-18-19(29-20)6-8-25-18/h1-9,12-13,25H,10-11,14H2,(H,27,30)(H,28,33). The number of rotatable bonds is 4. The molecule has 10 heteroatoms. The Labute approximate surface area is 193 Å². The van der Waals surface area contributed by atoms with Gasteiger partial charge in [-0.05, 0) is 36.4 Å². The molecule has 1 aliphatic heterocycles. The third-order valence-corrected chi connectivity index (χ3v) is 5.94. The zero-order chi connectivity index (χ0) is 23.1. The van der Waals surface area contributed by atoms with E-state index in [9.17, 15) is 9.59 Å². The second kappa shape index (κ2) is 8.00. The number of aromatic amines is 2. The molecule has 0 spiro atoms. The van der Waals surface area contributed by atoms with Crippen LogP contribution >= 0.6 is 0 Å². The Hall–Kier alpha value is -4.73. The van der Waals surface area contributed by atoms with Gasteiger partial charge in [-0.15, -0.1) is 0 Å². The lowest BCUT2D eigenvalue weighted by atomic mass is 10.1. The molecule has 5 heterocycles. The van der Waals surface area contributed by atoms with Crippen molar-refractivity contribution in [3.05, 3.63) is 84.3 Å². The van der Waals surface area contributed by atoms with E-state index in [-0.39, 0.29) is 11.8 Å². The normalized spacial score (nSPS) is 13.1. The second-order valence-electron chi connectivity index (χ2n) is 8.05. The maximum atomic E-state index is 13.0. The molecule has 34 heavy (non-hydrogen) atoms. The molecule has 0 aliphatic carbocycles. The van der Waals surface area contributed by atoms with E-state index in [2.05, 4.69) is 30.5 Å². The van der Waals surface area contributed by atoms with E-state index < -0.39 is 0 Å². The van der Waals surface area contributed by atoms with E-state index in [0.29, 0.717) is 42.5 Å². The summed E-state index contributed by atoms with van der Waals surface area (Å²) in [5.41, 5.74) is 4.95. The monoisotopic (exact) mass is 452 g/mol. The summed E-state index contributed by atoms with van der Waals surface area (Å²) in [7, 11) is 0. The van der Waals surface area contributed by atoms with Crippen LogP contribution in [0.1, 0.15) is 26.8 Å². The van der Waals surface area contributed by atoms with Gasteiger partial charge in [-0.2, -0.15) is 5.10 Å². The Morgan fingerprint density at radius 2 is 2.00 bits per heavy atom. The molecule has 1 aliphatic rings. The number of aromatic nitrogens is 6. The van der Waals surface area contributed by atoms with Crippen molar-refractivity contribution in [2.75, 3.05) is 11.9 Å². The van der Waals surface area contributed by atoms with E-state index in [1.54, 1.807) is 29.6 Å². The largest absolute Gasteiger partial charge is 0.360 e. The van der Waals surface area contributed by atoms with Gasteiger partial charge in [0.15, 0.2) is 0 Å². The summed E-state index contributed by atoms with van der Waals surface area (Å²) >= 11 is 0. The number of carbonyl (C=O) groups excluding carboxylic acids is 2. The number of hydrogen-bond donors (Lipinski definition) is 3. The quantitative estimate of drug-likeness (QED) is 0.387. The molecule has 6 rings (SSSR count). The number of nitrogens with zero attached hydrogens (tertiary/aromatic N) is 5. The first-order valence-electron chi connectivity index (χ1n) is 10.8. The topological polar surface area (TPSA) is 125 Å². The number of imidazole rings is 1. The lowest BCUT2D eigenvalue weighted by Crippen LogP contribution is -2.39.